The van der Waals surface area contributed by atoms with Crippen molar-refractivity contribution in [1.82, 2.24) is 4.90 Å². The van der Waals surface area contributed by atoms with Crippen LogP contribution in [-0.2, 0) is 14.3 Å². The summed E-state index contributed by atoms with van der Waals surface area (Å²) in [6.45, 7) is 5.17. The summed E-state index contributed by atoms with van der Waals surface area (Å²) in [5, 5.41) is 0. The van der Waals surface area contributed by atoms with Gasteiger partial charge in [0, 0.05) is 26.2 Å². The van der Waals surface area contributed by atoms with E-state index in [1.54, 1.807) is 0 Å². The van der Waals surface area contributed by atoms with Crippen molar-refractivity contribution < 1.29 is 14.3 Å². The molecule has 0 unspecified atom stereocenters. The van der Waals surface area contributed by atoms with Crippen LogP contribution in [0.25, 0.3) is 0 Å². The maximum Gasteiger partial charge on any atom is 0.247 e. The first kappa shape index (κ1) is 12.8. The van der Waals surface area contributed by atoms with Crippen LogP contribution in [0.2, 0.25) is 0 Å². The first-order chi connectivity index (χ1) is 8.15. The van der Waals surface area contributed by atoms with Crippen LogP contribution in [0.15, 0.2) is 0 Å². The second-order valence-electron chi connectivity index (χ2n) is 5.04. The molecule has 0 bridgehead atoms. The molecule has 2 N–H and O–H groups in total. The molecule has 5 heteroatoms. The van der Waals surface area contributed by atoms with Crippen molar-refractivity contribution >= 4 is 5.91 Å². The first-order valence-corrected chi connectivity index (χ1v) is 6.44. The Labute approximate surface area is 102 Å². The summed E-state index contributed by atoms with van der Waals surface area (Å²) in [6.07, 6.45) is 3.42. The lowest BCUT2D eigenvalue weighted by Gasteiger charge is -2.37. The number of hydrogen-bond acceptors (Lipinski definition) is 4. The molecule has 0 spiro atoms. The third-order valence-electron chi connectivity index (χ3n) is 3.39. The van der Waals surface area contributed by atoms with Crippen LogP contribution in [0.1, 0.15) is 26.2 Å². The number of nitrogens with two attached hydrogens (primary N) is 1. The minimum Gasteiger partial charge on any atom is -0.377 e. The Kier molecular flexibility index (Phi) is 4.36. The van der Waals surface area contributed by atoms with E-state index in [4.69, 9.17) is 15.2 Å². The van der Waals surface area contributed by atoms with E-state index in [1.807, 2.05) is 6.92 Å². The predicted octanol–water partition coefficient (Wildman–Crippen LogP) is 0.130. The Balaban J connectivity index is 1.84. The Hall–Kier alpha value is -0.650. The molecule has 1 amide bonds. The highest BCUT2D eigenvalue weighted by molar-refractivity contribution is 5.79. The minimum atomic E-state index is -0.470. The molecule has 0 aliphatic carbocycles. The molecule has 2 saturated heterocycles. The molecule has 98 valence electrons. The number of rotatable bonds is 3. The summed E-state index contributed by atoms with van der Waals surface area (Å²) in [6, 6.07) is 0. The number of carbonyl (C=O) groups excluding carboxylic acids is 1. The lowest BCUT2D eigenvalue weighted by atomic mass is 10.1. The highest BCUT2D eigenvalue weighted by Gasteiger charge is 2.30. The largest absolute Gasteiger partial charge is 0.377 e. The predicted molar refractivity (Wildman–Crippen MR) is 63.6 cm³/mol. The lowest BCUT2D eigenvalue weighted by Crippen LogP contribution is -2.53. The second-order valence-corrected chi connectivity index (χ2v) is 5.04. The number of primary amides is 1. The Morgan fingerprint density at radius 1 is 1.41 bits per heavy atom. The molecule has 2 rings (SSSR count). The van der Waals surface area contributed by atoms with Crippen LogP contribution in [0.4, 0.5) is 0 Å². The van der Waals surface area contributed by atoms with E-state index in [-0.39, 0.29) is 12.0 Å². The molecule has 0 radical (unpaired) electrons. The van der Waals surface area contributed by atoms with E-state index in [1.165, 1.54) is 12.8 Å². The summed E-state index contributed by atoms with van der Waals surface area (Å²) < 4.78 is 11.2. The van der Waals surface area contributed by atoms with Gasteiger partial charge in [0.1, 0.15) is 6.10 Å². The monoisotopic (exact) mass is 242 g/mol. The van der Waals surface area contributed by atoms with Crippen molar-refractivity contribution in [3.05, 3.63) is 0 Å². The maximum absolute atomic E-state index is 11.2. The van der Waals surface area contributed by atoms with Gasteiger partial charge in [-0.25, -0.2) is 0 Å². The van der Waals surface area contributed by atoms with Crippen molar-refractivity contribution in [3.63, 3.8) is 0 Å². The number of amides is 1. The molecular weight excluding hydrogens is 220 g/mol. The smallest absolute Gasteiger partial charge is 0.247 e. The standard InChI is InChI=1S/C12H22N2O3/c1-9-6-14(8-11(17-9)12(13)15)7-10-4-2-3-5-16-10/h9-11H,2-8H2,1H3,(H2,13,15)/t9-,10+,11-/m1/s1. The maximum atomic E-state index is 11.2. The average molecular weight is 242 g/mol. The molecule has 0 aromatic rings. The highest BCUT2D eigenvalue weighted by Crippen LogP contribution is 2.17. The summed E-state index contributed by atoms with van der Waals surface area (Å²) in [5.41, 5.74) is 5.30. The molecule has 5 nitrogen and oxygen atoms in total. The van der Waals surface area contributed by atoms with Crippen LogP contribution < -0.4 is 5.73 Å². The van der Waals surface area contributed by atoms with Gasteiger partial charge in [-0.1, -0.05) is 0 Å². The van der Waals surface area contributed by atoms with Crippen LogP contribution in [0, 0.1) is 0 Å². The molecule has 0 aromatic carbocycles. The Morgan fingerprint density at radius 2 is 2.24 bits per heavy atom. The van der Waals surface area contributed by atoms with E-state index < -0.39 is 6.10 Å². The van der Waals surface area contributed by atoms with Gasteiger partial charge in [0.15, 0.2) is 0 Å². The number of nitrogens with zero attached hydrogens (tertiary/aromatic N) is 1. The number of ether oxygens (including phenoxy) is 2. The fraction of sp³-hybridized carbons (Fsp3) is 0.917. The average Bonchev–Trinajstić information content (AvgIpc) is 2.29. The van der Waals surface area contributed by atoms with Gasteiger partial charge in [0.2, 0.25) is 5.91 Å². The zero-order valence-electron chi connectivity index (χ0n) is 10.4. The van der Waals surface area contributed by atoms with Gasteiger partial charge in [0.05, 0.1) is 12.2 Å². The Bertz CT molecular complexity index is 266. The fourth-order valence-electron chi connectivity index (χ4n) is 2.58. The van der Waals surface area contributed by atoms with Crippen molar-refractivity contribution in [1.29, 1.82) is 0 Å². The summed E-state index contributed by atoms with van der Waals surface area (Å²) in [4.78, 5) is 13.4. The number of hydrogen-bond donors (Lipinski definition) is 1. The van der Waals surface area contributed by atoms with Crippen LogP contribution in [-0.4, -0.2) is 55.4 Å². The number of carbonyl (C=O) groups is 1. The van der Waals surface area contributed by atoms with Gasteiger partial charge in [-0.3, -0.25) is 9.69 Å². The van der Waals surface area contributed by atoms with E-state index in [9.17, 15) is 4.79 Å². The van der Waals surface area contributed by atoms with Crippen LogP contribution >= 0.6 is 0 Å². The van der Waals surface area contributed by atoms with Crippen molar-refractivity contribution in [3.8, 4) is 0 Å². The summed E-state index contributed by atoms with van der Waals surface area (Å²) >= 11 is 0. The van der Waals surface area contributed by atoms with Crippen LogP contribution in [0.3, 0.4) is 0 Å². The van der Waals surface area contributed by atoms with E-state index in [2.05, 4.69) is 4.90 Å². The summed E-state index contributed by atoms with van der Waals surface area (Å²) in [5.74, 6) is -0.369. The van der Waals surface area contributed by atoms with Crippen molar-refractivity contribution in [2.24, 2.45) is 5.73 Å². The van der Waals surface area contributed by atoms with Gasteiger partial charge in [-0.05, 0) is 26.2 Å². The minimum absolute atomic E-state index is 0.0600. The van der Waals surface area contributed by atoms with E-state index in [0.29, 0.717) is 12.6 Å². The van der Waals surface area contributed by atoms with Gasteiger partial charge >= 0.3 is 0 Å². The number of morpholine rings is 1. The van der Waals surface area contributed by atoms with E-state index in [0.717, 1.165) is 26.1 Å². The highest BCUT2D eigenvalue weighted by atomic mass is 16.5. The topological polar surface area (TPSA) is 64.8 Å². The molecule has 3 atom stereocenters. The Morgan fingerprint density at radius 3 is 2.88 bits per heavy atom. The van der Waals surface area contributed by atoms with Crippen molar-refractivity contribution in [2.45, 2.75) is 44.5 Å². The molecule has 2 fully saturated rings. The van der Waals surface area contributed by atoms with Gasteiger partial charge < -0.3 is 15.2 Å². The van der Waals surface area contributed by atoms with E-state index >= 15 is 0 Å². The first-order valence-electron chi connectivity index (χ1n) is 6.44. The SMILES string of the molecule is C[C@@H]1CN(C[C@@H]2CCCCO2)C[C@H](C(N)=O)O1. The molecule has 0 saturated carbocycles. The van der Waals surface area contributed by atoms with Crippen LogP contribution in [0.5, 0.6) is 0 Å². The molecule has 2 aliphatic rings. The lowest BCUT2D eigenvalue weighted by molar-refractivity contribution is -0.144. The molecular formula is C12H22N2O3. The molecule has 0 aromatic heterocycles. The van der Waals surface area contributed by atoms with Crippen molar-refractivity contribution in [2.75, 3.05) is 26.2 Å². The zero-order chi connectivity index (χ0) is 12.3. The van der Waals surface area contributed by atoms with Gasteiger partial charge in [-0.15, -0.1) is 0 Å². The summed E-state index contributed by atoms with van der Waals surface area (Å²) in [7, 11) is 0. The quantitative estimate of drug-likeness (QED) is 0.764. The normalized spacial score (nSPS) is 35.7. The zero-order valence-corrected chi connectivity index (χ0v) is 10.4. The van der Waals surface area contributed by atoms with Gasteiger partial charge in [-0.2, -0.15) is 0 Å². The second kappa shape index (κ2) is 5.80. The molecule has 2 aliphatic heterocycles. The molecule has 2 heterocycles. The third kappa shape index (κ3) is 3.66. The molecule has 17 heavy (non-hydrogen) atoms. The van der Waals surface area contributed by atoms with Gasteiger partial charge in [0.25, 0.3) is 0 Å². The fourth-order valence-corrected chi connectivity index (χ4v) is 2.58. The third-order valence-corrected chi connectivity index (χ3v) is 3.39.